The summed E-state index contributed by atoms with van der Waals surface area (Å²) in [6, 6.07) is 27.4. The first-order chi connectivity index (χ1) is 24.0. The van der Waals surface area contributed by atoms with Crippen LogP contribution in [0, 0.1) is 11.6 Å². The van der Waals surface area contributed by atoms with Crippen molar-refractivity contribution in [1.82, 2.24) is 0 Å². The number of phenols is 2. The average Bonchev–Trinajstić information content (AvgIpc) is 3.63. The predicted molar refractivity (Wildman–Crippen MR) is 201 cm³/mol. The molecule has 8 aromatic rings. The van der Waals surface area contributed by atoms with Crippen LogP contribution in [0.4, 0.5) is 8.78 Å². The van der Waals surface area contributed by atoms with Gasteiger partial charge >= 0.3 is 103 Å². The van der Waals surface area contributed by atoms with Gasteiger partial charge in [-0.05, 0) is 84.9 Å². The largest absolute Gasteiger partial charge is 1.00 e. The Hall–Kier alpha value is -0.997. The van der Waals surface area contributed by atoms with Gasteiger partial charge in [0.15, 0.2) is 0 Å². The van der Waals surface area contributed by atoms with Crippen LogP contribution in [0.3, 0.4) is 0 Å². The molecular formula is C37H20Br4F2K2O7. The Morgan fingerprint density at radius 2 is 0.904 bits per heavy atom. The SMILES string of the molecule is Brc1ccc2oc3cc4oc5ccc(Br)cc5c4cc3c2c1.O=CO[O-].Oc1ccc(Br)cc1-c1cc(-c2cc(Br)ccc2O)c(F)cc1F.[H-].[K+].[K+]. The zero-order chi connectivity index (χ0) is 35.7. The first-order valence-electron chi connectivity index (χ1n) is 14.3. The molecule has 52 heavy (non-hydrogen) atoms. The third-order valence-corrected chi connectivity index (χ3v) is 9.55. The zero-order valence-corrected chi connectivity index (χ0v) is 39.6. The molecule has 2 N–H and O–H groups in total. The Kier molecular flexibility index (Phi) is 16.2. The standard InChI is InChI=1S/C18H10Br2F2O2.C18H8Br2O2.CH2O3.2K.H/c19-9-1-3-17(23)13(5-9)11-7-12(16(22)8-15(11)21)14-6-10(20)2-4-18(14)24;19-9-1-3-15-11(5-9)13-7-14-12-6-10(20)2-4-16(12)22-18(14)8-17(13)21-15;2-1-4-3;;;/h1-8,23-24H;1-8H;1,3H;;;/q;;;2*+1;-1/p-1. The van der Waals surface area contributed by atoms with Crippen molar-refractivity contribution in [3.63, 3.8) is 0 Å². The average molecular weight is 1010 g/mol. The molecule has 0 atom stereocenters. The van der Waals surface area contributed by atoms with Crippen LogP contribution in [-0.4, -0.2) is 16.7 Å². The summed E-state index contributed by atoms with van der Waals surface area (Å²) in [6.45, 7) is -0.181. The summed E-state index contributed by atoms with van der Waals surface area (Å²) in [5.74, 6) is -1.88. The van der Waals surface area contributed by atoms with E-state index < -0.39 is 11.6 Å². The van der Waals surface area contributed by atoms with Crippen molar-refractivity contribution in [3.8, 4) is 33.8 Å². The number of aromatic hydroxyl groups is 2. The summed E-state index contributed by atoms with van der Waals surface area (Å²) in [4.78, 5) is 11.2. The molecule has 0 amide bonds. The number of halogens is 6. The molecular weight excluding hydrogens is 992 g/mol. The molecule has 7 nitrogen and oxygen atoms in total. The number of furan rings is 2. The Bertz CT molecular complexity index is 2420. The molecule has 0 bridgehead atoms. The Morgan fingerprint density at radius 1 is 0.538 bits per heavy atom. The van der Waals surface area contributed by atoms with Crippen molar-refractivity contribution in [1.29, 1.82) is 0 Å². The molecule has 6 aromatic carbocycles. The fourth-order valence-corrected chi connectivity index (χ4v) is 6.85. The molecule has 0 saturated carbocycles. The normalized spacial score (nSPS) is 10.5. The Balaban J connectivity index is 0.000000247. The van der Waals surface area contributed by atoms with Crippen LogP contribution in [0.2, 0.25) is 0 Å². The summed E-state index contributed by atoms with van der Waals surface area (Å²) in [7, 11) is 0. The van der Waals surface area contributed by atoms with Gasteiger partial charge in [-0.15, -0.1) is 0 Å². The van der Waals surface area contributed by atoms with Crippen LogP contribution in [0.5, 0.6) is 11.5 Å². The number of fused-ring (bicyclic) bond motifs is 6. The quantitative estimate of drug-likeness (QED) is 0.0996. The first-order valence-corrected chi connectivity index (χ1v) is 17.5. The van der Waals surface area contributed by atoms with Gasteiger partial charge < -0.3 is 30.6 Å². The zero-order valence-electron chi connectivity index (χ0n) is 28.0. The summed E-state index contributed by atoms with van der Waals surface area (Å²) >= 11 is 13.6. The molecule has 254 valence electrons. The maximum Gasteiger partial charge on any atom is 1.00 e. The first kappa shape index (κ1) is 43.7. The van der Waals surface area contributed by atoms with Gasteiger partial charge in [-0.1, -0.05) is 63.7 Å². The maximum atomic E-state index is 14.3. The van der Waals surface area contributed by atoms with Crippen molar-refractivity contribution in [3.05, 3.63) is 127 Å². The van der Waals surface area contributed by atoms with Crippen LogP contribution in [0.15, 0.2) is 124 Å². The molecule has 0 unspecified atom stereocenters. The molecule has 0 saturated heterocycles. The summed E-state index contributed by atoms with van der Waals surface area (Å²) in [5, 5.41) is 32.9. The minimum absolute atomic E-state index is 0. The third kappa shape index (κ3) is 9.68. The van der Waals surface area contributed by atoms with Crippen LogP contribution < -0.4 is 108 Å². The second kappa shape index (κ2) is 19.2. The molecule has 0 aliphatic heterocycles. The molecule has 0 fully saturated rings. The Morgan fingerprint density at radius 3 is 1.31 bits per heavy atom. The number of hydrogen-bond donors (Lipinski definition) is 2. The predicted octanol–water partition coefficient (Wildman–Crippen LogP) is 5.80. The van der Waals surface area contributed by atoms with Gasteiger partial charge in [0.25, 0.3) is 6.47 Å². The van der Waals surface area contributed by atoms with Crippen molar-refractivity contribution >= 4 is 114 Å². The number of benzene rings is 6. The van der Waals surface area contributed by atoms with Gasteiger partial charge in [-0.2, -0.15) is 0 Å². The van der Waals surface area contributed by atoms with Gasteiger partial charge in [-0.3, -0.25) is 4.79 Å². The van der Waals surface area contributed by atoms with E-state index in [0.29, 0.717) is 8.95 Å². The van der Waals surface area contributed by atoms with Crippen molar-refractivity contribution < 1.29 is 147 Å². The van der Waals surface area contributed by atoms with Crippen LogP contribution in [0.1, 0.15) is 1.43 Å². The van der Waals surface area contributed by atoms with Gasteiger partial charge in [0.05, 0.1) is 0 Å². The number of rotatable bonds is 3. The van der Waals surface area contributed by atoms with E-state index in [1.807, 2.05) is 30.3 Å². The van der Waals surface area contributed by atoms with Gasteiger partial charge in [0.1, 0.15) is 45.5 Å². The van der Waals surface area contributed by atoms with Gasteiger partial charge in [-0.25, -0.2) is 8.78 Å². The maximum absolute atomic E-state index is 14.3. The third-order valence-electron chi connectivity index (χ3n) is 7.58. The fourth-order valence-electron chi connectivity index (χ4n) is 5.40. The van der Waals surface area contributed by atoms with Crippen molar-refractivity contribution in [2.24, 2.45) is 0 Å². The summed E-state index contributed by atoms with van der Waals surface area (Å²) < 4.78 is 43.8. The van der Waals surface area contributed by atoms with Crippen LogP contribution in [0.25, 0.3) is 66.1 Å². The molecule has 0 spiro atoms. The molecule has 15 heteroatoms. The van der Waals surface area contributed by atoms with Gasteiger partial charge in [0.2, 0.25) is 0 Å². The van der Waals surface area contributed by atoms with Crippen LogP contribution in [-0.2, 0) is 9.68 Å². The van der Waals surface area contributed by atoms with Crippen molar-refractivity contribution in [2.75, 3.05) is 0 Å². The van der Waals surface area contributed by atoms with Crippen molar-refractivity contribution in [2.45, 2.75) is 0 Å². The van der Waals surface area contributed by atoms with E-state index in [9.17, 15) is 19.0 Å². The van der Waals surface area contributed by atoms with E-state index in [1.54, 1.807) is 12.1 Å². The minimum Gasteiger partial charge on any atom is -1.00 e. The topological polar surface area (TPSA) is 116 Å². The molecule has 2 heterocycles. The molecule has 0 radical (unpaired) electrons. The fraction of sp³-hybridized carbons (Fsp3) is 0. The van der Waals surface area contributed by atoms with E-state index in [1.165, 1.54) is 30.3 Å². The smallest absolute Gasteiger partial charge is 1.00 e. The number of hydrogen-bond acceptors (Lipinski definition) is 7. The van der Waals surface area contributed by atoms with Crippen LogP contribution >= 0.6 is 63.7 Å². The molecule has 8 rings (SSSR count). The second-order valence-electron chi connectivity index (χ2n) is 10.7. The molecule has 0 aliphatic carbocycles. The number of carbonyl (C=O) groups is 1. The van der Waals surface area contributed by atoms with E-state index in [0.717, 1.165) is 58.9 Å². The summed E-state index contributed by atoms with van der Waals surface area (Å²) in [5.41, 5.74) is 3.97. The van der Waals surface area contributed by atoms with E-state index >= 15 is 0 Å². The van der Waals surface area contributed by atoms with E-state index in [4.69, 9.17) is 18.9 Å². The number of carbonyl (C=O) groups excluding carboxylic acids is 1. The summed E-state index contributed by atoms with van der Waals surface area (Å²) in [6.07, 6.45) is 0. The second-order valence-corrected chi connectivity index (χ2v) is 14.3. The monoisotopic (exact) mass is 1010 g/mol. The number of phenolic OH excluding ortho intramolecular Hbond substituents is 2. The van der Waals surface area contributed by atoms with E-state index in [2.05, 4.69) is 86.8 Å². The van der Waals surface area contributed by atoms with E-state index in [-0.39, 0.29) is 144 Å². The minimum atomic E-state index is -0.806. The molecule has 2 aromatic heterocycles. The molecule has 0 aliphatic rings. The Labute approximate surface area is 414 Å². The van der Waals surface area contributed by atoms with Gasteiger partial charge in [0, 0.05) is 73.8 Å².